The Morgan fingerprint density at radius 2 is 1.10 bits per heavy atom. The minimum Gasteiger partial charge on any atom is -0.494 e. The maximum atomic E-state index is 10.4. The zero-order chi connectivity index (χ0) is 30.9. The van der Waals surface area contributed by atoms with Gasteiger partial charge in [0.1, 0.15) is 17.6 Å². The molecule has 4 rings (SSSR count). The summed E-state index contributed by atoms with van der Waals surface area (Å²) in [5, 5.41) is 11.6. The summed E-state index contributed by atoms with van der Waals surface area (Å²) in [6.45, 7) is 11.7. The number of aliphatic hydroxyl groups excluding tert-OH is 1. The van der Waals surface area contributed by atoms with Crippen molar-refractivity contribution in [2.45, 2.75) is 45.7 Å². The second kappa shape index (κ2) is 16.3. The lowest BCUT2D eigenvalue weighted by molar-refractivity contribution is 0.220. The van der Waals surface area contributed by atoms with E-state index in [1.54, 1.807) is 6.07 Å². The fourth-order valence-electron chi connectivity index (χ4n) is 4.10. The van der Waals surface area contributed by atoms with Crippen LogP contribution in [0.15, 0.2) is 93.9 Å². The van der Waals surface area contributed by atoms with E-state index in [1.165, 1.54) is 0 Å². The molecule has 4 nitrogen and oxygen atoms in total. The Balaban J connectivity index is 0.000000235. The Labute approximate surface area is 277 Å². The smallest absolute Gasteiger partial charge is 0.185 e. The van der Waals surface area contributed by atoms with Crippen molar-refractivity contribution in [1.82, 2.24) is 0 Å². The molecule has 2 atom stereocenters. The van der Waals surface area contributed by atoms with E-state index in [1.807, 2.05) is 92.7 Å². The molecule has 0 heterocycles. The number of benzene rings is 4. The number of rotatable bonds is 10. The fraction of sp³-hybridized carbons (Fsp3) is 0.273. The highest BCUT2D eigenvalue weighted by Crippen LogP contribution is 2.36. The van der Waals surface area contributed by atoms with Crippen LogP contribution in [0.4, 0.5) is 0 Å². The van der Waals surface area contributed by atoms with Crippen molar-refractivity contribution in [2.75, 3.05) is 13.2 Å². The third-order valence-corrected chi connectivity index (χ3v) is 8.58. The van der Waals surface area contributed by atoms with E-state index < -0.39 is 14.4 Å². The largest absolute Gasteiger partial charge is 0.494 e. The van der Waals surface area contributed by atoms with Gasteiger partial charge in [-0.15, -0.1) is 0 Å². The number of halogens is 4. The Kier molecular flexibility index (Phi) is 13.4. The van der Waals surface area contributed by atoms with Crippen molar-refractivity contribution in [1.29, 1.82) is 0 Å². The summed E-state index contributed by atoms with van der Waals surface area (Å²) < 4.78 is 19.2. The van der Waals surface area contributed by atoms with Crippen molar-refractivity contribution in [3.8, 4) is 11.5 Å². The van der Waals surface area contributed by atoms with E-state index in [9.17, 15) is 5.11 Å². The SMILES string of the molecule is CCOc1ccc(C(O)c2cc(Br)ccc2Cl)cc1.CCOc1ccc(C(O[Si](C)(C)C)c2cc(Br)ccc2Cl)cc1. The molecule has 0 aromatic heterocycles. The molecule has 4 aromatic rings. The summed E-state index contributed by atoms with van der Waals surface area (Å²) in [6, 6.07) is 26.7. The predicted molar refractivity (Wildman–Crippen MR) is 184 cm³/mol. The molecule has 0 saturated heterocycles. The van der Waals surface area contributed by atoms with Crippen LogP contribution in [0.25, 0.3) is 0 Å². The molecular formula is C33H36Br2Cl2O4Si. The summed E-state index contributed by atoms with van der Waals surface area (Å²) in [5.74, 6) is 1.65. The van der Waals surface area contributed by atoms with Gasteiger partial charge in [0, 0.05) is 30.1 Å². The van der Waals surface area contributed by atoms with E-state index in [-0.39, 0.29) is 6.10 Å². The summed E-state index contributed by atoms with van der Waals surface area (Å²) in [6.07, 6.45) is -0.928. The molecule has 0 aliphatic rings. The molecule has 0 saturated carbocycles. The van der Waals surface area contributed by atoms with E-state index in [0.717, 1.165) is 37.1 Å². The molecule has 224 valence electrons. The van der Waals surface area contributed by atoms with E-state index in [0.29, 0.717) is 28.8 Å². The average Bonchev–Trinajstić information content (AvgIpc) is 2.95. The van der Waals surface area contributed by atoms with Gasteiger partial charge in [0.2, 0.25) is 0 Å². The van der Waals surface area contributed by atoms with Crippen LogP contribution in [-0.4, -0.2) is 26.6 Å². The number of hydrogen-bond donors (Lipinski definition) is 1. The summed E-state index contributed by atoms with van der Waals surface area (Å²) >= 11 is 19.5. The van der Waals surface area contributed by atoms with E-state index in [4.69, 9.17) is 37.1 Å². The van der Waals surface area contributed by atoms with Crippen LogP contribution in [0, 0.1) is 0 Å². The molecule has 0 fully saturated rings. The minimum atomic E-state index is -1.76. The highest BCUT2D eigenvalue weighted by molar-refractivity contribution is 9.10. The minimum absolute atomic E-state index is 0.178. The van der Waals surface area contributed by atoms with Gasteiger partial charge in [-0.25, -0.2) is 0 Å². The third-order valence-electron chi connectivity index (χ3n) is 5.97. The Morgan fingerprint density at radius 3 is 1.55 bits per heavy atom. The number of ether oxygens (including phenoxy) is 2. The van der Waals surface area contributed by atoms with Crippen LogP contribution >= 0.6 is 55.1 Å². The predicted octanol–water partition coefficient (Wildman–Crippen LogP) is 11.0. The molecule has 2 unspecified atom stereocenters. The zero-order valence-corrected chi connectivity index (χ0v) is 30.0. The average molecular weight is 755 g/mol. The first-order valence-corrected chi connectivity index (χ1v) is 19.4. The van der Waals surface area contributed by atoms with Crippen molar-refractivity contribution in [3.63, 3.8) is 0 Å². The first-order valence-electron chi connectivity index (χ1n) is 13.6. The highest BCUT2D eigenvalue weighted by atomic mass is 79.9. The van der Waals surface area contributed by atoms with Gasteiger partial charge >= 0.3 is 0 Å². The molecule has 0 bridgehead atoms. The second-order valence-corrected chi connectivity index (χ2v) is 17.5. The quantitative estimate of drug-likeness (QED) is 0.164. The molecule has 1 N–H and O–H groups in total. The van der Waals surface area contributed by atoms with Gasteiger partial charge in [0.05, 0.1) is 19.3 Å². The topological polar surface area (TPSA) is 47.9 Å². The normalized spacial score (nSPS) is 12.6. The second-order valence-electron chi connectivity index (χ2n) is 10.3. The lowest BCUT2D eigenvalue weighted by atomic mass is 10.0. The molecule has 0 aliphatic carbocycles. The first kappa shape index (κ1) is 34.6. The van der Waals surface area contributed by atoms with Gasteiger partial charge in [-0.1, -0.05) is 79.3 Å². The van der Waals surface area contributed by atoms with Crippen molar-refractivity contribution in [2.24, 2.45) is 0 Å². The zero-order valence-electron chi connectivity index (χ0n) is 24.3. The molecule has 42 heavy (non-hydrogen) atoms. The van der Waals surface area contributed by atoms with Gasteiger partial charge in [-0.2, -0.15) is 0 Å². The monoisotopic (exact) mass is 752 g/mol. The van der Waals surface area contributed by atoms with Crippen LogP contribution in [0.2, 0.25) is 29.7 Å². The van der Waals surface area contributed by atoms with Crippen molar-refractivity contribution in [3.05, 3.63) is 126 Å². The molecule has 4 aromatic carbocycles. The number of hydrogen-bond acceptors (Lipinski definition) is 4. The van der Waals surface area contributed by atoms with Crippen molar-refractivity contribution < 1.29 is 19.0 Å². The third kappa shape index (κ3) is 10.4. The fourth-order valence-corrected chi connectivity index (χ4v) is 6.27. The standard InChI is InChI=1S/C18H22BrClO2Si.C15H14BrClO2/c1-5-21-15-9-6-13(7-10-15)18(22-23(2,3)4)16-12-14(19)8-11-17(16)20;1-2-19-12-6-3-10(4-7-12)15(18)13-9-11(16)5-8-14(13)17/h6-12,18H,5H2,1-4H3;3-9,15,18H,2H2,1H3. The Morgan fingerprint density at radius 1 is 0.667 bits per heavy atom. The molecule has 9 heteroatoms. The summed E-state index contributed by atoms with van der Waals surface area (Å²) in [7, 11) is -1.76. The molecule has 0 aliphatic heterocycles. The summed E-state index contributed by atoms with van der Waals surface area (Å²) in [5.41, 5.74) is 3.52. The van der Waals surface area contributed by atoms with E-state index >= 15 is 0 Å². The highest BCUT2D eigenvalue weighted by Gasteiger charge is 2.26. The maximum Gasteiger partial charge on any atom is 0.185 e. The van der Waals surface area contributed by atoms with Gasteiger partial charge in [-0.05, 0) is 105 Å². The van der Waals surface area contributed by atoms with E-state index in [2.05, 4.69) is 51.5 Å². The van der Waals surface area contributed by atoms with Crippen LogP contribution in [0.1, 0.15) is 48.3 Å². The first-order chi connectivity index (χ1) is 19.9. The van der Waals surface area contributed by atoms with Gasteiger partial charge in [-0.3, -0.25) is 0 Å². The lowest BCUT2D eigenvalue weighted by Crippen LogP contribution is -2.28. The maximum absolute atomic E-state index is 10.4. The van der Waals surface area contributed by atoms with Crippen LogP contribution in [0.3, 0.4) is 0 Å². The van der Waals surface area contributed by atoms with Crippen LogP contribution in [-0.2, 0) is 4.43 Å². The van der Waals surface area contributed by atoms with Crippen LogP contribution in [0.5, 0.6) is 11.5 Å². The number of aliphatic hydroxyl groups is 1. The lowest BCUT2D eigenvalue weighted by Gasteiger charge is -2.28. The molecule has 0 spiro atoms. The molecule has 0 radical (unpaired) electrons. The van der Waals surface area contributed by atoms with Gasteiger partial charge < -0.3 is 19.0 Å². The molecular weight excluding hydrogens is 719 g/mol. The van der Waals surface area contributed by atoms with Gasteiger partial charge in [0.15, 0.2) is 8.32 Å². The summed E-state index contributed by atoms with van der Waals surface area (Å²) in [4.78, 5) is 0. The Hall–Kier alpha value is -1.84. The van der Waals surface area contributed by atoms with Gasteiger partial charge in [0.25, 0.3) is 0 Å². The van der Waals surface area contributed by atoms with Crippen molar-refractivity contribution >= 4 is 63.4 Å². The Bertz CT molecular complexity index is 1430. The molecule has 0 amide bonds. The van der Waals surface area contributed by atoms with Crippen LogP contribution < -0.4 is 9.47 Å².